The molecule has 0 aliphatic heterocycles. The minimum atomic E-state index is 0.690. The van der Waals surface area contributed by atoms with Crippen LogP contribution in [0, 0.1) is 0 Å². The van der Waals surface area contributed by atoms with Gasteiger partial charge in [0.15, 0.2) is 5.82 Å². The molecule has 0 fully saturated rings. The van der Waals surface area contributed by atoms with Crippen LogP contribution in [-0.2, 0) is 0 Å². The van der Waals surface area contributed by atoms with Gasteiger partial charge >= 0.3 is 0 Å². The maximum Gasteiger partial charge on any atom is 0.157 e. The van der Waals surface area contributed by atoms with Crippen molar-refractivity contribution in [2.45, 2.75) is 0 Å². The molecule has 0 aliphatic rings. The third kappa shape index (κ3) is 2.55. The lowest BCUT2D eigenvalue weighted by atomic mass is 10.1. The molecule has 0 amide bonds. The maximum absolute atomic E-state index is 5.39. The highest BCUT2D eigenvalue weighted by Gasteiger charge is 2.10. The predicted molar refractivity (Wildman–Crippen MR) is 77.7 cm³/mol. The van der Waals surface area contributed by atoms with Gasteiger partial charge in [-0.3, -0.25) is 0 Å². The smallest absolute Gasteiger partial charge is 0.157 e. The van der Waals surface area contributed by atoms with E-state index < -0.39 is 0 Å². The number of hydrogen-bond acceptors (Lipinski definition) is 5. The molecule has 0 unspecified atom stereocenters. The Balaban J connectivity index is 2.10. The van der Waals surface area contributed by atoms with E-state index >= 15 is 0 Å². The molecule has 106 valence electrons. The summed E-state index contributed by atoms with van der Waals surface area (Å²) in [4.78, 5) is 8.54. The standard InChI is InChI=1S/C15H14N4O2/c1-20-11-4-5-14(21-2)12(8-11)13-9-15(17-10-16-13)19-7-3-6-18-19/h3-10H,1-2H3. The third-order valence-corrected chi connectivity index (χ3v) is 3.07. The van der Waals surface area contributed by atoms with Gasteiger partial charge in [-0.25, -0.2) is 14.6 Å². The Hall–Kier alpha value is -2.89. The lowest BCUT2D eigenvalue weighted by Gasteiger charge is -2.10. The quantitative estimate of drug-likeness (QED) is 0.735. The second-order valence-electron chi connectivity index (χ2n) is 4.28. The van der Waals surface area contributed by atoms with E-state index in [0.717, 1.165) is 22.8 Å². The first-order chi connectivity index (χ1) is 10.3. The van der Waals surface area contributed by atoms with Crippen molar-refractivity contribution in [1.82, 2.24) is 19.7 Å². The van der Waals surface area contributed by atoms with Crippen molar-refractivity contribution >= 4 is 0 Å². The van der Waals surface area contributed by atoms with Crippen molar-refractivity contribution in [3.8, 4) is 28.6 Å². The molecule has 0 N–H and O–H groups in total. The SMILES string of the molecule is COc1ccc(OC)c(-c2cc(-n3cccn3)ncn2)c1. The first kappa shape index (κ1) is 13.1. The van der Waals surface area contributed by atoms with Crippen LogP contribution in [0.3, 0.4) is 0 Å². The van der Waals surface area contributed by atoms with E-state index in [1.54, 1.807) is 25.1 Å². The Morgan fingerprint density at radius 1 is 1.05 bits per heavy atom. The van der Waals surface area contributed by atoms with Crippen LogP contribution in [-0.4, -0.2) is 34.0 Å². The normalized spacial score (nSPS) is 10.4. The van der Waals surface area contributed by atoms with Crippen LogP contribution in [0.15, 0.2) is 49.1 Å². The van der Waals surface area contributed by atoms with E-state index in [1.165, 1.54) is 6.33 Å². The highest BCUT2D eigenvalue weighted by molar-refractivity contribution is 5.69. The molecular weight excluding hydrogens is 268 g/mol. The molecule has 0 spiro atoms. The molecule has 0 bridgehead atoms. The maximum atomic E-state index is 5.39. The molecule has 2 heterocycles. The fraction of sp³-hybridized carbons (Fsp3) is 0.133. The van der Waals surface area contributed by atoms with Crippen LogP contribution in [0.4, 0.5) is 0 Å². The molecule has 3 aromatic rings. The highest BCUT2D eigenvalue weighted by Crippen LogP contribution is 2.32. The minimum Gasteiger partial charge on any atom is -0.497 e. The van der Waals surface area contributed by atoms with Crippen molar-refractivity contribution in [2.75, 3.05) is 14.2 Å². The minimum absolute atomic E-state index is 0.690. The average molecular weight is 282 g/mol. The molecule has 0 saturated carbocycles. The van der Waals surface area contributed by atoms with Gasteiger partial charge in [-0.15, -0.1) is 0 Å². The van der Waals surface area contributed by atoms with Gasteiger partial charge in [-0.05, 0) is 24.3 Å². The van der Waals surface area contributed by atoms with E-state index in [4.69, 9.17) is 9.47 Å². The second-order valence-corrected chi connectivity index (χ2v) is 4.28. The average Bonchev–Trinajstić information content (AvgIpc) is 3.09. The summed E-state index contributed by atoms with van der Waals surface area (Å²) in [7, 11) is 3.25. The highest BCUT2D eigenvalue weighted by atomic mass is 16.5. The van der Waals surface area contributed by atoms with Gasteiger partial charge in [0, 0.05) is 24.0 Å². The predicted octanol–water partition coefficient (Wildman–Crippen LogP) is 2.35. The molecule has 0 radical (unpaired) electrons. The number of nitrogens with zero attached hydrogens (tertiary/aromatic N) is 4. The summed E-state index contributed by atoms with van der Waals surface area (Å²) in [6.07, 6.45) is 5.04. The van der Waals surface area contributed by atoms with Crippen molar-refractivity contribution in [3.63, 3.8) is 0 Å². The van der Waals surface area contributed by atoms with Crippen molar-refractivity contribution in [2.24, 2.45) is 0 Å². The Bertz CT molecular complexity index is 741. The van der Waals surface area contributed by atoms with E-state index in [1.807, 2.05) is 36.5 Å². The fourth-order valence-corrected chi connectivity index (χ4v) is 2.04. The van der Waals surface area contributed by atoms with Crippen molar-refractivity contribution < 1.29 is 9.47 Å². The zero-order valence-electron chi connectivity index (χ0n) is 11.7. The van der Waals surface area contributed by atoms with Gasteiger partial charge < -0.3 is 9.47 Å². The Labute approximate surface area is 122 Å². The Morgan fingerprint density at radius 3 is 2.67 bits per heavy atom. The lowest BCUT2D eigenvalue weighted by molar-refractivity contribution is 0.404. The number of benzene rings is 1. The van der Waals surface area contributed by atoms with Crippen LogP contribution in [0.5, 0.6) is 11.5 Å². The number of rotatable bonds is 4. The van der Waals surface area contributed by atoms with Crippen LogP contribution in [0.2, 0.25) is 0 Å². The first-order valence-corrected chi connectivity index (χ1v) is 6.36. The number of ether oxygens (including phenoxy) is 2. The zero-order chi connectivity index (χ0) is 14.7. The number of hydrogen-bond donors (Lipinski definition) is 0. The molecule has 0 atom stereocenters. The summed E-state index contributed by atoms with van der Waals surface area (Å²) in [6, 6.07) is 9.27. The van der Waals surface area contributed by atoms with Crippen LogP contribution in [0.25, 0.3) is 17.1 Å². The van der Waals surface area contributed by atoms with Crippen LogP contribution in [0.1, 0.15) is 0 Å². The largest absolute Gasteiger partial charge is 0.497 e. The molecule has 0 aliphatic carbocycles. The first-order valence-electron chi connectivity index (χ1n) is 6.36. The van der Waals surface area contributed by atoms with E-state index in [2.05, 4.69) is 15.1 Å². The van der Waals surface area contributed by atoms with E-state index in [0.29, 0.717) is 5.82 Å². The van der Waals surface area contributed by atoms with Gasteiger partial charge in [0.2, 0.25) is 0 Å². The zero-order valence-corrected chi connectivity index (χ0v) is 11.7. The molecule has 21 heavy (non-hydrogen) atoms. The fourth-order valence-electron chi connectivity index (χ4n) is 2.04. The van der Waals surface area contributed by atoms with E-state index in [-0.39, 0.29) is 0 Å². The molecule has 1 aromatic carbocycles. The lowest BCUT2D eigenvalue weighted by Crippen LogP contribution is -2.00. The molecule has 6 nitrogen and oxygen atoms in total. The van der Waals surface area contributed by atoms with Crippen LogP contribution >= 0.6 is 0 Å². The topological polar surface area (TPSA) is 62.1 Å². The summed E-state index contributed by atoms with van der Waals surface area (Å²) < 4.78 is 12.3. The molecule has 6 heteroatoms. The van der Waals surface area contributed by atoms with Crippen molar-refractivity contribution in [1.29, 1.82) is 0 Å². The summed E-state index contributed by atoms with van der Waals surface area (Å²) in [5.74, 6) is 2.15. The Morgan fingerprint density at radius 2 is 1.95 bits per heavy atom. The van der Waals surface area contributed by atoms with Gasteiger partial charge in [0.25, 0.3) is 0 Å². The summed E-state index contributed by atoms with van der Waals surface area (Å²) in [5.41, 5.74) is 1.58. The van der Waals surface area contributed by atoms with E-state index in [9.17, 15) is 0 Å². The third-order valence-electron chi connectivity index (χ3n) is 3.07. The molecular formula is C15H14N4O2. The summed E-state index contributed by atoms with van der Waals surface area (Å²) in [5, 5.41) is 4.17. The van der Waals surface area contributed by atoms with Gasteiger partial charge in [-0.2, -0.15) is 5.10 Å². The second kappa shape index (κ2) is 5.62. The molecule has 3 rings (SSSR count). The number of aromatic nitrogens is 4. The number of methoxy groups -OCH3 is 2. The molecule has 2 aromatic heterocycles. The van der Waals surface area contributed by atoms with Crippen LogP contribution < -0.4 is 9.47 Å². The molecule has 0 saturated heterocycles. The van der Waals surface area contributed by atoms with Crippen molar-refractivity contribution in [3.05, 3.63) is 49.1 Å². The summed E-state index contributed by atoms with van der Waals surface area (Å²) in [6.45, 7) is 0. The van der Waals surface area contributed by atoms with Gasteiger partial charge in [0.05, 0.1) is 19.9 Å². The summed E-state index contributed by atoms with van der Waals surface area (Å²) >= 11 is 0. The van der Waals surface area contributed by atoms with Gasteiger partial charge in [0.1, 0.15) is 17.8 Å². The Kier molecular flexibility index (Phi) is 3.51. The van der Waals surface area contributed by atoms with Gasteiger partial charge in [-0.1, -0.05) is 0 Å². The monoisotopic (exact) mass is 282 g/mol.